The summed E-state index contributed by atoms with van der Waals surface area (Å²) in [5.74, 6) is 0.669. The van der Waals surface area contributed by atoms with Crippen molar-refractivity contribution in [3.8, 4) is 11.5 Å². The molecule has 1 aliphatic heterocycles. The van der Waals surface area contributed by atoms with Crippen molar-refractivity contribution in [2.75, 3.05) is 34.0 Å². The Hall–Kier alpha value is -4.60. The molecule has 16 heteroatoms. The fourth-order valence-corrected chi connectivity index (χ4v) is 5.68. The van der Waals surface area contributed by atoms with Crippen LogP contribution in [0.5, 0.6) is 11.5 Å². The molecule has 1 fully saturated rings. The summed E-state index contributed by atoms with van der Waals surface area (Å²) in [6.07, 6.45) is -3.46. The quantitative estimate of drug-likeness (QED) is 0.0889. The lowest BCUT2D eigenvalue weighted by atomic mass is 9.80. The van der Waals surface area contributed by atoms with E-state index in [1.807, 2.05) is 78.9 Å². The summed E-state index contributed by atoms with van der Waals surface area (Å²) >= 11 is 0. The molecular weight excluding hydrogens is 687 g/mol. The summed E-state index contributed by atoms with van der Waals surface area (Å²) in [6.45, 7) is 2.66. The number of rotatable bonds is 13. The number of carbonyl (C=O) groups excluding carboxylic acids is 1. The highest BCUT2D eigenvalue weighted by Crippen LogP contribution is 2.43. The molecule has 51 heavy (non-hydrogen) atoms. The van der Waals surface area contributed by atoms with Gasteiger partial charge in [0, 0.05) is 11.8 Å². The Morgan fingerprint density at radius 1 is 0.922 bits per heavy atom. The Kier molecular flexibility index (Phi) is 13.9. The largest absolute Gasteiger partial charge is 0.497 e. The van der Waals surface area contributed by atoms with Crippen LogP contribution in [0.2, 0.25) is 0 Å². The Morgan fingerprint density at radius 3 is 1.96 bits per heavy atom. The molecule has 4 N–H and O–H groups in total. The topological polar surface area (TPSA) is 205 Å². The number of ether oxygens (including phenoxy) is 6. The first-order valence-corrected chi connectivity index (χ1v) is 17.1. The zero-order chi connectivity index (χ0) is 37.1. The Balaban J connectivity index is 0.00000138. The standard InChI is InChI=1S/C35H38N2O10.H3O3P/c1-5-44-29(38)21-45-31-30(39)28(47-33(31)37-19-22(2)32(40)36-34(37)41)20-46-35(23-9-7-6-8-10-23,24-11-15-26(42-3)16-12-24)25-13-17-27(43-4)18-14-25;1-4(2)3/h6-19,28,30-31,33,39H,5,20-21H2,1-4H3,(H,36,40,41);4H,(H2,1,2,3)/t28-,30?,31?,33-;/m0./s1. The van der Waals surface area contributed by atoms with Crippen molar-refractivity contribution in [1.82, 2.24) is 9.55 Å². The SMILES string of the molecule is CCOC(=O)COC1C(O)[C@H](COC(c2ccccc2)(c2ccc(OC)cc2)c2ccc(OC)cc2)O[C@@H]1n1cc(C)c(=O)[nH]c1=O.O=[PH](O)O. The van der Waals surface area contributed by atoms with Crippen LogP contribution in [0.1, 0.15) is 35.4 Å². The van der Waals surface area contributed by atoms with Gasteiger partial charge in [-0.05, 0) is 54.8 Å². The van der Waals surface area contributed by atoms with Crippen LogP contribution in [0, 0.1) is 6.92 Å². The molecule has 15 nitrogen and oxygen atoms in total. The predicted molar refractivity (Wildman–Crippen MR) is 184 cm³/mol. The zero-order valence-corrected chi connectivity index (χ0v) is 29.4. The molecule has 0 spiro atoms. The fraction of sp³-hybridized carbons (Fsp3) is 0.343. The molecule has 0 radical (unpaired) electrons. The third kappa shape index (κ3) is 9.40. The molecule has 1 aliphatic rings. The molecule has 0 bridgehead atoms. The second-order valence-corrected chi connectivity index (χ2v) is 11.8. The van der Waals surface area contributed by atoms with Gasteiger partial charge in [-0.1, -0.05) is 54.6 Å². The number of nitrogens with one attached hydrogen (secondary N) is 1. The van der Waals surface area contributed by atoms with E-state index >= 15 is 0 Å². The average molecular weight is 729 g/mol. The van der Waals surface area contributed by atoms with Crippen LogP contribution in [-0.4, -0.2) is 82.8 Å². The van der Waals surface area contributed by atoms with Gasteiger partial charge in [0.15, 0.2) is 6.23 Å². The van der Waals surface area contributed by atoms with Gasteiger partial charge in [-0.3, -0.25) is 18.9 Å². The number of carbonyl (C=O) groups is 1. The van der Waals surface area contributed by atoms with Gasteiger partial charge >= 0.3 is 19.9 Å². The lowest BCUT2D eigenvalue weighted by Crippen LogP contribution is -2.42. The highest BCUT2D eigenvalue weighted by molar-refractivity contribution is 7.30. The maximum atomic E-state index is 12.9. The second-order valence-electron chi connectivity index (χ2n) is 11.2. The number of H-pyrrole nitrogens is 1. The molecule has 4 atom stereocenters. The summed E-state index contributed by atoms with van der Waals surface area (Å²) in [4.78, 5) is 53.8. The van der Waals surface area contributed by atoms with Crippen LogP contribution in [0.3, 0.4) is 0 Å². The van der Waals surface area contributed by atoms with E-state index in [2.05, 4.69) is 4.98 Å². The van der Waals surface area contributed by atoms with Crippen LogP contribution in [0.25, 0.3) is 0 Å². The number of benzene rings is 3. The van der Waals surface area contributed by atoms with Gasteiger partial charge in [0.05, 0.1) is 27.4 Å². The molecule has 274 valence electrons. The number of aromatic nitrogens is 2. The highest BCUT2D eigenvalue weighted by atomic mass is 31.1. The highest BCUT2D eigenvalue weighted by Gasteiger charge is 2.48. The van der Waals surface area contributed by atoms with Gasteiger partial charge in [0.2, 0.25) is 0 Å². The van der Waals surface area contributed by atoms with Crippen molar-refractivity contribution >= 4 is 14.2 Å². The first-order valence-electron chi connectivity index (χ1n) is 15.8. The number of hydrogen-bond donors (Lipinski definition) is 4. The van der Waals surface area contributed by atoms with Crippen molar-refractivity contribution < 1.29 is 52.7 Å². The van der Waals surface area contributed by atoms with E-state index in [4.69, 9.17) is 42.8 Å². The lowest BCUT2D eigenvalue weighted by molar-refractivity contribution is -0.155. The molecule has 2 unspecified atom stereocenters. The number of hydrogen-bond acceptors (Lipinski definition) is 11. The van der Waals surface area contributed by atoms with Crippen molar-refractivity contribution in [1.29, 1.82) is 0 Å². The number of aliphatic hydroxyl groups is 1. The number of methoxy groups -OCH3 is 2. The number of aromatic amines is 1. The minimum absolute atomic E-state index is 0.142. The molecule has 5 rings (SSSR count). The summed E-state index contributed by atoms with van der Waals surface area (Å²) in [5.41, 5.74) is 0.0332. The third-order valence-corrected chi connectivity index (χ3v) is 8.07. The normalized spacial score (nSPS) is 18.5. The third-order valence-electron chi connectivity index (χ3n) is 8.07. The maximum Gasteiger partial charge on any atom is 0.332 e. The van der Waals surface area contributed by atoms with E-state index in [9.17, 15) is 19.5 Å². The second kappa shape index (κ2) is 18.1. The van der Waals surface area contributed by atoms with Gasteiger partial charge in [-0.2, -0.15) is 0 Å². The Bertz CT molecular complexity index is 1810. The summed E-state index contributed by atoms with van der Waals surface area (Å²) in [5, 5.41) is 11.6. The van der Waals surface area contributed by atoms with Crippen molar-refractivity contribution in [2.24, 2.45) is 0 Å². The molecule has 1 saturated heterocycles. The number of esters is 1. The van der Waals surface area contributed by atoms with Gasteiger partial charge in [0.25, 0.3) is 5.56 Å². The van der Waals surface area contributed by atoms with Gasteiger partial charge < -0.3 is 43.3 Å². The molecule has 2 heterocycles. The van der Waals surface area contributed by atoms with Gasteiger partial charge in [-0.25, -0.2) is 9.59 Å². The maximum absolute atomic E-state index is 12.9. The smallest absolute Gasteiger partial charge is 0.332 e. The first kappa shape index (κ1) is 39.2. The van der Waals surface area contributed by atoms with Gasteiger partial charge in [0.1, 0.15) is 42.0 Å². The molecular formula is C35H41N2O13P. The zero-order valence-electron chi connectivity index (χ0n) is 28.4. The van der Waals surface area contributed by atoms with Crippen molar-refractivity contribution in [3.05, 3.63) is 128 Å². The van der Waals surface area contributed by atoms with E-state index in [0.717, 1.165) is 21.3 Å². The van der Waals surface area contributed by atoms with Crippen molar-refractivity contribution in [2.45, 2.75) is 44.0 Å². The summed E-state index contributed by atoms with van der Waals surface area (Å²) < 4.78 is 44.7. The minimum Gasteiger partial charge on any atom is -0.497 e. The van der Waals surface area contributed by atoms with E-state index in [1.165, 1.54) is 13.1 Å². The van der Waals surface area contributed by atoms with Crippen LogP contribution < -0.4 is 20.7 Å². The molecule has 3 aromatic carbocycles. The summed E-state index contributed by atoms with van der Waals surface area (Å²) in [7, 11) is 0.0455. The van der Waals surface area contributed by atoms with Crippen LogP contribution in [-0.2, 0) is 33.9 Å². The number of nitrogens with zero attached hydrogens (tertiary/aromatic N) is 1. The van der Waals surface area contributed by atoms with Crippen molar-refractivity contribution in [3.63, 3.8) is 0 Å². The Morgan fingerprint density at radius 2 is 1.45 bits per heavy atom. The van der Waals surface area contributed by atoms with Crippen LogP contribution in [0.4, 0.5) is 0 Å². The number of aryl methyl sites for hydroxylation is 1. The predicted octanol–water partition coefficient (Wildman–Crippen LogP) is 2.44. The number of aliphatic hydroxyl groups excluding tert-OH is 1. The van der Waals surface area contributed by atoms with E-state index in [0.29, 0.717) is 11.5 Å². The molecule has 4 aromatic rings. The lowest BCUT2D eigenvalue weighted by Gasteiger charge is -2.37. The van der Waals surface area contributed by atoms with E-state index in [1.54, 1.807) is 21.1 Å². The Labute approximate surface area is 293 Å². The summed E-state index contributed by atoms with van der Waals surface area (Å²) in [6, 6.07) is 24.5. The van der Waals surface area contributed by atoms with Crippen LogP contribution >= 0.6 is 8.25 Å². The van der Waals surface area contributed by atoms with Crippen LogP contribution in [0.15, 0.2) is 94.6 Å². The van der Waals surface area contributed by atoms with Gasteiger partial charge in [-0.15, -0.1) is 0 Å². The molecule has 1 aromatic heterocycles. The molecule has 0 amide bonds. The minimum atomic E-state index is -3.13. The van der Waals surface area contributed by atoms with E-state index in [-0.39, 0.29) is 18.8 Å². The fourth-order valence-electron chi connectivity index (χ4n) is 5.68. The molecule has 0 saturated carbocycles. The molecule has 0 aliphatic carbocycles. The first-order chi connectivity index (χ1) is 24.4. The monoisotopic (exact) mass is 728 g/mol. The average Bonchev–Trinajstić information content (AvgIpc) is 3.44. The van der Waals surface area contributed by atoms with E-state index < -0.39 is 62.2 Å².